The summed E-state index contributed by atoms with van der Waals surface area (Å²) in [6, 6.07) is 0. The quantitative estimate of drug-likeness (QED) is 0.544. The van der Waals surface area contributed by atoms with Gasteiger partial charge in [-0.1, -0.05) is 0 Å². The van der Waals surface area contributed by atoms with E-state index in [4.69, 9.17) is 27.3 Å². The maximum atomic E-state index is 11.9. The van der Waals surface area contributed by atoms with Crippen LogP contribution in [-0.2, 0) is 47.5 Å². The predicted molar refractivity (Wildman–Crippen MR) is 89.3 cm³/mol. The highest BCUT2D eigenvalue weighted by Gasteiger charge is 2.58. The third-order valence-corrected chi connectivity index (χ3v) is 4.99. The first-order chi connectivity index (χ1) is 11.5. The molecule has 0 aromatic rings. The van der Waals surface area contributed by atoms with Crippen molar-refractivity contribution in [2.75, 3.05) is 32.3 Å². The highest BCUT2D eigenvalue weighted by Crippen LogP contribution is 2.40. The van der Waals surface area contributed by atoms with Gasteiger partial charge < -0.3 is 18.9 Å². The third-order valence-electron chi connectivity index (χ3n) is 3.79. The molecular weight excluding hydrogens is 392 g/mol. The topological polar surface area (TPSA) is 124 Å². The van der Waals surface area contributed by atoms with E-state index in [9.17, 15) is 16.8 Å². The van der Waals surface area contributed by atoms with Crippen molar-refractivity contribution in [3.8, 4) is 0 Å². The molecule has 2 atom stereocenters. The van der Waals surface area contributed by atoms with Crippen molar-refractivity contribution in [1.29, 1.82) is 0 Å². The summed E-state index contributed by atoms with van der Waals surface area (Å²) in [7, 11) is -7.65. The Balaban J connectivity index is 2.34. The second-order valence-electron chi connectivity index (χ2n) is 7.41. The number of hydrogen-bond acceptors (Lipinski definition) is 10. The Morgan fingerprint density at radius 1 is 0.885 bits per heavy atom. The largest absolute Gasteiger partial charge is 0.347 e. The lowest BCUT2D eigenvalue weighted by atomic mass is 9.93. The summed E-state index contributed by atoms with van der Waals surface area (Å²) in [4.78, 5) is 0. The standard InChI is InChI=1S/C14H26O10S2/c1-12(2)19-8-14(9-20-12,24-26(6,17)18)11-10(7-21-25(5,15)16)22-13(3,4)23-11/h10-11H,7-9H2,1-6H3. The van der Waals surface area contributed by atoms with Crippen LogP contribution in [0.1, 0.15) is 27.7 Å². The summed E-state index contributed by atoms with van der Waals surface area (Å²) in [6.45, 7) is 5.89. The minimum absolute atomic E-state index is 0.160. The highest BCUT2D eigenvalue weighted by atomic mass is 32.2. The maximum Gasteiger partial charge on any atom is 0.265 e. The van der Waals surface area contributed by atoms with Gasteiger partial charge in [-0.3, -0.25) is 8.37 Å². The van der Waals surface area contributed by atoms with Crippen LogP contribution in [0.2, 0.25) is 0 Å². The molecule has 0 N–H and O–H groups in total. The van der Waals surface area contributed by atoms with Crippen LogP contribution >= 0.6 is 0 Å². The monoisotopic (exact) mass is 418 g/mol. The molecule has 2 aliphatic rings. The summed E-state index contributed by atoms with van der Waals surface area (Å²) >= 11 is 0. The lowest BCUT2D eigenvalue weighted by Crippen LogP contribution is -2.62. The molecule has 0 aromatic carbocycles. The van der Waals surface area contributed by atoms with Crippen molar-refractivity contribution in [2.45, 2.75) is 57.1 Å². The van der Waals surface area contributed by atoms with Gasteiger partial charge in [-0.25, -0.2) is 0 Å². The zero-order valence-corrected chi connectivity index (χ0v) is 17.3. The Morgan fingerprint density at radius 3 is 1.88 bits per heavy atom. The van der Waals surface area contributed by atoms with Crippen LogP contribution < -0.4 is 0 Å². The van der Waals surface area contributed by atoms with E-state index in [0.717, 1.165) is 12.5 Å². The first-order valence-electron chi connectivity index (χ1n) is 7.91. The average molecular weight is 418 g/mol. The van der Waals surface area contributed by atoms with Crippen LogP contribution in [0.5, 0.6) is 0 Å². The van der Waals surface area contributed by atoms with Crippen LogP contribution in [0.25, 0.3) is 0 Å². The number of rotatable bonds is 6. The van der Waals surface area contributed by atoms with Gasteiger partial charge in [0.1, 0.15) is 12.2 Å². The van der Waals surface area contributed by atoms with E-state index in [0.29, 0.717) is 0 Å². The second-order valence-corrected chi connectivity index (χ2v) is 10.6. The van der Waals surface area contributed by atoms with E-state index in [1.54, 1.807) is 27.7 Å². The molecule has 2 saturated heterocycles. The van der Waals surface area contributed by atoms with Gasteiger partial charge in [0.2, 0.25) is 0 Å². The van der Waals surface area contributed by atoms with Crippen LogP contribution in [0.3, 0.4) is 0 Å². The van der Waals surface area contributed by atoms with E-state index >= 15 is 0 Å². The average Bonchev–Trinajstić information content (AvgIpc) is 2.73. The molecule has 0 aromatic heterocycles. The van der Waals surface area contributed by atoms with Crippen molar-refractivity contribution in [3.63, 3.8) is 0 Å². The van der Waals surface area contributed by atoms with Crippen molar-refractivity contribution >= 4 is 20.2 Å². The van der Waals surface area contributed by atoms with E-state index in [1.165, 1.54) is 0 Å². The van der Waals surface area contributed by atoms with Gasteiger partial charge in [-0.2, -0.15) is 16.8 Å². The van der Waals surface area contributed by atoms with Gasteiger partial charge in [-0.05, 0) is 27.7 Å². The highest BCUT2D eigenvalue weighted by molar-refractivity contribution is 7.86. The van der Waals surface area contributed by atoms with Crippen LogP contribution in [0, 0.1) is 0 Å². The Bertz CT molecular complexity index is 715. The molecule has 2 rings (SSSR count). The van der Waals surface area contributed by atoms with E-state index < -0.39 is 49.6 Å². The summed E-state index contributed by atoms with van der Waals surface area (Å²) in [5.74, 6) is -2.05. The van der Waals surface area contributed by atoms with Crippen LogP contribution in [0.15, 0.2) is 0 Å². The first-order valence-corrected chi connectivity index (χ1v) is 11.5. The summed E-state index contributed by atoms with van der Waals surface area (Å²) < 4.78 is 79.2. The Hall–Kier alpha value is -0.340. The molecule has 0 aliphatic carbocycles. The molecule has 2 aliphatic heterocycles. The molecule has 0 bridgehead atoms. The van der Waals surface area contributed by atoms with Crippen molar-refractivity contribution in [2.24, 2.45) is 0 Å². The van der Waals surface area contributed by atoms with Crippen LogP contribution in [0.4, 0.5) is 0 Å². The van der Waals surface area contributed by atoms with Gasteiger partial charge in [0.25, 0.3) is 20.2 Å². The molecule has 2 unspecified atom stereocenters. The SMILES string of the molecule is CC1(C)OCC(OS(C)(=O)=O)(C2OC(C)(C)OC2COS(C)(=O)=O)CO1. The first kappa shape index (κ1) is 22.0. The molecule has 2 heterocycles. The van der Waals surface area contributed by atoms with Crippen molar-refractivity contribution in [1.82, 2.24) is 0 Å². The maximum absolute atomic E-state index is 11.9. The normalized spacial score (nSPS) is 31.0. The number of hydrogen-bond donors (Lipinski definition) is 0. The van der Waals surface area contributed by atoms with E-state index in [1.807, 2.05) is 0 Å². The fourth-order valence-corrected chi connectivity index (χ4v) is 4.01. The summed E-state index contributed by atoms with van der Waals surface area (Å²) in [5.41, 5.74) is -1.55. The zero-order chi connectivity index (χ0) is 20.0. The zero-order valence-electron chi connectivity index (χ0n) is 15.7. The molecule has 154 valence electrons. The van der Waals surface area contributed by atoms with Crippen LogP contribution in [-0.4, -0.2) is 78.6 Å². The molecule has 2 fully saturated rings. The van der Waals surface area contributed by atoms with Gasteiger partial charge >= 0.3 is 0 Å². The van der Waals surface area contributed by atoms with Crippen molar-refractivity contribution < 1.29 is 44.1 Å². The van der Waals surface area contributed by atoms with E-state index in [2.05, 4.69) is 0 Å². The molecule has 26 heavy (non-hydrogen) atoms. The Morgan fingerprint density at radius 2 is 1.42 bits per heavy atom. The molecule has 10 nitrogen and oxygen atoms in total. The molecule has 0 spiro atoms. The van der Waals surface area contributed by atoms with Crippen molar-refractivity contribution in [3.05, 3.63) is 0 Å². The summed E-state index contributed by atoms with van der Waals surface area (Å²) in [5, 5.41) is 0. The van der Waals surface area contributed by atoms with Gasteiger partial charge in [0.05, 0.1) is 32.3 Å². The fraction of sp³-hybridized carbons (Fsp3) is 1.00. The van der Waals surface area contributed by atoms with E-state index in [-0.39, 0.29) is 19.8 Å². The third kappa shape index (κ3) is 5.83. The summed E-state index contributed by atoms with van der Waals surface area (Å²) in [6.07, 6.45) is -0.126. The minimum Gasteiger partial charge on any atom is -0.347 e. The molecular formula is C14H26O10S2. The predicted octanol–water partition coefficient (Wildman–Crippen LogP) is -0.0194. The second kappa shape index (κ2) is 6.92. The molecule has 12 heteroatoms. The fourth-order valence-electron chi connectivity index (χ4n) is 2.83. The Labute approximate surface area is 154 Å². The molecule has 0 radical (unpaired) electrons. The van der Waals surface area contributed by atoms with Gasteiger partial charge in [0, 0.05) is 0 Å². The minimum atomic E-state index is -3.92. The lowest BCUT2D eigenvalue weighted by Gasteiger charge is -2.45. The smallest absolute Gasteiger partial charge is 0.265 e. The Kier molecular flexibility index (Phi) is 5.84. The van der Waals surface area contributed by atoms with Gasteiger partial charge in [0.15, 0.2) is 17.2 Å². The lowest BCUT2D eigenvalue weighted by molar-refractivity contribution is -0.314. The number of ether oxygens (including phenoxy) is 4. The van der Waals surface area contributed by atoms with Gasteiger partial charge in [-0.15, -0.1) is 0 Å². The molecule has 0 amide bonds. The molecule has 0 saturated carbocycles.